The average Bonchev–Trinajstić information content (AvgIpc) is 1.88. The van der Waals surface area contributed by atoms with Gasteiger partial charge < -0.3 is 0 Å². The number of rotatable bonds is 1. The Morgan fingerprint density at radius 1 is 1.50 bits per heavy atom. The molecule has 0 aliphatic carbocycles. The van der Waals surface area contributed by atoms with Gasteiger partial charge in [-0.05, 0) is 18.4 Å². The molecule has 1 aromatic rings. The summed E-state index contributed by atoms with van der Waals surface area (Å²) in [6.45, 7) is 6.21. The molecule has 0 aliphatic heterocycles. The van der Waals surface area contributed by atoms with E-state index in [1.54, 1.807) is 6.33 Å². The largest absolute Gasteiger partial charge is 0.241 e. The van der Waals surface area contributed by atoms with Crippen molar-refractivity contribution in [3.05, 3.63) is 23.8 Å². The SMILES string of the molecule is Cc1[c]ncnc1C(C)C. The Kier molecular flexibility index (Phi) is 2.00. The highest BCUT2D eigenvalue weighted by molar-refractivity contribution is 5.15. The fourth-order valence-electron chi connectivity index (χ4n) is 0.953. The minimum Gasteiger partial charge on any atom is -0.241 e. The van der Waals surface area contributed by atoms with Crippen molar-refractivity contribution in [3.63, 3.8) is 0 Å². The number of nitrogens with zero attached hydrogens (tertiary/aromatic N) is 2. The molecule has 0 aromatic carbocycles. The Morgan fingerprint density at radius 2 is 2.20 bits per heavy atom. The van der Waals surface area contributed by atoms with E-state index in [4.69, 9.17) is 0 Å². The van der Waals surface area contributed by atoms with Crippen molar-refractivity contribution >= 4 is 0 Å². The summed E-state index contributed by atoms with van der Waals surface area (Å²) in [6.07, 6.45) is 4.41. The highest BCUT2D eigenvalue weighted by Gasteiger charge is 2.02. The van der Waals surface area contributed by atoms with Crippen LogP contribution in [0.15, 0.2) is 6.33 Å². The Hall–Kier alpha value is -0.920. The van der Waals surface area contributed by atoms with Gasteiger partial charge in [0.2, 0.25) is 0 Å². The van der Waals surface area contributed by atoms with Crippen molar-refractivity contribution in [1.29, 1.82) is 0 Å². The maximum atomic E-state index is 4.14. The van der Waals surface area contributed by atoms with Crippen LogP contribution in [0.3, 0.4) is 0 Å². The van der Waals surface area contributed by atoms with Crippen LogP contribution >= 0.6 is 0 Å². The summed E-state index contributed by atoms with van der Waals surface area (Å²) >= 11 is 0. The molecule has 0 fully saturated rings. The van der Waals surface area contributed by atoms with Crippen molar-refractivity contribution in [3.8, 4) is 0 Å². The van der Waals surface area contributed by atoms with E-state index in [2.05, 4.69) is 30.0 Å². The summed E-state index contributed by atoms with van der Waals surface area (Å²) in [7, 11) is 0. The van der Waals surface area contributed by atoms with Crippen LogP contribution in [0.25, 0.3) is 0 Å². The molecular formula is C8H11N2. The molecule has 2 nitrogen and oxygen atoms in total. The molecule has 0 atom stereocenters. The third-order valence-corrected chi connectivity index (χ3v) is 1.42. The summed E-state index contributed by atoms with van der Waals surface area (Å²) in [5.41, 5.74) is 2.15. The van der Waals surface area contributed by atoms with Gasteiger partial charge in [0.15, 0.2) is 0 Å². The van der Waals surface area contributed by atoms with E-state index in [9.17, 15) is 0 Å². The van der Waals surface area contributed by atoms with Gasteiger partial charge in [-0.25, -0.2) is 9.97 Å². The van der Waals surface area contributed by atoms with Crippen LogP contribution in [-0.4, -0.2) is 9.97 Å². The van der Waals surface area contributed by atoms with E-state index in [0.717, 1.165) is 11.3 Å². The van der Waals surface area contributed by atoms with E-state index >= 15 is 0 Å². The van der Waals surface area contributed by atoms with Crippen molar-refractivity contribution in [2.45, 2.75) is 26.7 Å². The fraction of sp³-hybridized carbons (Fsp3) is 0.500. The predicted octanol–water partition coefficient (Wildman–Crippen LogP) is 1.71. The van der Waals surface area contributed by atoms with Gasteiger partial charge in [-0.2, -0.15) is 0 Å². The molecule has 0 saturated carbocycles. The Morgan fingerprint density at radius 3 is 2.60 bits per heavy atom. The Bertz CT molecular complexity index is 218. The lowest BCUT2D eigenvalue weighted by atomic mass is 10.1. The minimum atomic E-state index is 0.472. The number of hydrogen-bond acceptors (Lipinski definition) is 2. The van der Waals surface area contributed by atoms with Crippen LogP contribution in [0.2, 0.25) is 0 Å². The molecule has 0 unspecified atom stereocenters. The zero-order valence-corrected chi connectivity index (χ0v) is 6.55. The van der Waals surface area contributed by atoms with Crippen LogP contribution in [0.1, 0.15) is 31.0 Å². The quantitative estimate of drug-likeness (QED) is 0.585. The second-order valence-electron chi connectivity index (χ2n) is 2.65. The molecule has 1 heterocycles. The standard InChI is InChI=1S/C8H11N2/c1-6(2)8-7(3)4-9-5-10-8/h5-6H,1-3H3. The topological polar surface area (TPSA) is 25.8 Å². The Balaban J connectivity index is 3.03. The molecule has 1 aromatic heterocycles. The van der Waals surface area contributed by atoms with Crippen molar-refractivity contribution in [2.75, 3.05) is 0 Å². The second-order valence-corrected chi connectivity index (χ2v) is 2.65. The molecule has 0 aliphatic rings. The zero-order valence-electron chi connectivity index (χ0n) is 6.55. The molecule has 10 heavy (non-hydrogen) atoms. The van der Waals surface area contributed by atoms with Gasteiger partial charge in [0.05, 0.1) is 6.20 Å². The number of aromatic nitrogens is 2. The highest BCUT2D eigenvalue weighted by atomic mass is 14.8. The van der Waals surface area contributed by atoms with Gasteiger partial charge >= 0.3 is 0 Å². The Labute approximate surface area is 61.3 Å². The third kappa shape index (κ3) is 1.32. The van der Waals surface area contributed by atoms with Crippen LogP contribution in [-0.2, 0) is 0 Å². The van der Waals surface area contributed by atoms with E-state index in [1.807, 2.05) is 6.92 Å². The first-order valence-corrected chi connectivity index (χ1v) is 3.41. The number of aryl methyl sites for hydroxylation is 1. The van der Waals surface area contributed by atoms with E-state index in [0.29, 0.717) is 5.92 Å². The number of hydrogen-bond donors (Lipinski definition) is 0. The maximum absolute atomic E-state index is 4.14. The molecule has 2 heteroatoms. The van der Waals surface area contributed by atoms with E-state index in [-0.39, 0.29) is 0 Å². The molecular weight excluding hydrogens is 124 g/mol. The van der Waals surface area contributed by atoms with Crippen molar-refractivity contribution in [2.24, 2.45) is 0 Å². The molecule has 0 spiro atoms. The summed E-state index contributed by atoms with van der Waals surface area (Å²) in [5.74, 6) is 0.472. The molecule has 1 rings (SSSR count). The lowest BCUT2D eigenvalue weighted by Gasteiger charge is -2.04. The van der Waals surface area contributed by atoms with Crippen LogP contribution < -0.4 is 0 Å². The van der Waals surface area contributed by atoms with Crippen LogP contribution in [0, 0.1) is 13.1 Å². The molecule has 0 amide bonds. The molecule has 1 radical (unpaired) electrons. The normalized spacial score (nSPS) is 10.4. The molecule has 0 N–H and O–H groups in total. The first-order valence-electron chi connectivity index (χ1n) is 3.41. The van der Waals surface area contributed by atoms with E-state index < -0.39 is 0 Å². The van der Waals surface area contributed by atoms with E-state index in [1.165, 1.54) is 0 Å². The van der Waals surface area contributed by atoms with Gasteiger partial charge in [0, 0.05) is 5.69 Å². The smallest absolute Gasteiger partial charge is 0.116 e. The van der Waals surface area contributed by atoms with Crippen LogP contribution in [0.4, 0.5) is 0 Å². The van der Waals surface area contributed by atoms with Crippen molar-refractivity contribution < 1.29 is 0 Å². The maximum Gasteiger partial charge on any atom is 0.116 e. The fourth-order valence-corrected chi connectivity index (χ4v) is 0.953. The van der Waals surface area contributed by atoms with Crippen molar-refractivity contribution in [1.82, 2.24) is 9.97 Å². The van der Waals surface area contributed by atoms with Gasteiger partial charge in [-0.15, -0.1) is 0 Å². The summed E-state index contributed by atoms with van der Waals surface area (Å²) < 4.78 is 0. The van der Waals surface area contributed by atoms with Gasteiger partial charge in [-0.1, -0.05) is 13.8 Å². The first-order chi connectivity index (χ1) is 4.72. The lowest BCUT2D eigenvalue weighted by molar-refractivity contribution is 0.800. The minimum absolute atomic E-state index is 0.472. The van der Waals surface area contributed by atoms with Crippen LogP contribution in [0.5, 0.6) is 0 Å². The summed E-state index contributed by atoms with van der Waals surface area (Å²) in [6, 6.07) is 0. The van der Waals surface area contributed by atoms with Gasteiger partial charge in [0.1, 0.15) is 6.33 Å². The zero-order chi connectivity index (χ0) is 7.56. The second kappa shape index (κ2) is 2.78. The summed E-state index contributed by atoms with van der Waals surface area (Å²) in [5, 5.41) is 0. The summed E-state index contributed by atoms with van der Waals surface area (Å²) in [4.78, 5) is 7.93. The van der Waals surface area contributed by atoms with Gasteiger partial charge in [0.25, 0.3) is 0 Å². The molecule has 0 saturated heterocycles. The average molecular weight is 135 g/mol. The monoisotopic (exact) mass is 135 g/mol. The molecule has 53 valence electrons. The highest BCUT2D eigenvalue weighted by Crippen LogP contribution is 2.12. The molecule has 0 bridgehead atoms. The first kappa shape index (κ1) is 7.19. The van der Waals surface area contributed by atoms with Gasteiger partial charge in [-0.3, -0.25) is 0 Å². The third-order valence-electron chi connectivity index (χ3n) is 1.42. The predicted molar refractivity (Wildman–Crippen MR) is 39.7 cm³/mol. The lowest BCUT2D eigenvalue weighted by Crippen LogP contribution is -1.96.